The van der Waals surface area contributed by atoms with E-state index in [1.54, 1.807) is 0 Å². The number of carbonyl (C=O) groups excluding carboxylic acids is 1. The summed E-state index contributed by atoms with van der Waals surface area (Å²) in [4.78, 5) is 59.3. The standard InChI is InChI=1S/C17H25BF2N5O13P3/c1-9-6-25(15(28)22-13(9)26)12-5-10(23-24-21)11(37-12)7-35-41(18,33)38-40(31,32)17(19,20)39(29,30)36-8-34-14(27)16(2,3)4/h6,10-12H,5,7-8H2,1-4H3,(H,29,30)(H,31,32)(H,22,26,28)/t10-,11-,12-,41?/m1/s1. The number of azide groups is 1. The summed E-state index contributed by atoms with van der Waals surface area (Å²) in [6.45, 7) is 2.99. The summed E-state index contributed by atoms with van der Waals surface area (Å²) in [5.41, 5.74) is 6.21. The number of rotatable bonds is 12. The van der Waals surface area contributed by atoms with E-state index in [0.717, 1.165) is 10.8 Å². The molecule has 1 saturated heterocycles. The van der Waals surface area contributed by atoms with Crippen LogP contribution < -0.4 is 11.2 Å². The van der Waals surface area contributed by atoms with E-state index in [-0.39, 0.29) is 12.0 Å². The second-order valence-corrected chi connectivity index (χ2v) is 15.3. The number of nitrogens with one attached hydrogen (secondary N) is 1. The van der Waals surface area contributed by atoms with Crippen molar-refractivity contribution in [2.75, 3.05) is 13.4 Å². The van der Waals surface area contributed by atoms with E-state index in [0.29, 0.717) is 0 Å². The Bertz CT molecular complexity index is 1470. The third-order valence-corrected chi connectivity index (χ3v) is 10.9. The van der Waals surface area contributed by atoms with Gasteiger partial charge in [-0.3, -0.25) is 37.4 Å². The van der Waals surface area contributed by atoms with Gasteiger partial charge in [0.15, 0.2) is 0 Å². The molecule has 24 heteroatoms. The summed E-state index contributed by atoms with van der Waals surface area (Å²) in [7, 11) is -13.5. The molecule has 2 heterocycles. The molecule has 228 valence electrons. The highest BCUT2D eigenvalue weighted by atomic mass is 31.3. The lowest BCUT2D eigenvalue weighted by molar-refractivity contribution is -0.160. The van der Waals surface area contributed by atoms with Crippen LogP contribution in [0, 0.1) is 12.3 Å². The third kappa shape index (κ3) is 8.45. The predicted octanol–water partition coefficient (Wildman–Crippen LogP) is 2.61. The van der Waals surface area contributed by atoms with E-state index in [4.69, 9.17) is 17.8 Å². The SMILES string of the molecule is [B]P(=O)(OC[C@H]1O[C@@H](n2cc(C)c(=O)[nH]c2=O)C[C@H]1N=[N+]=[N-])OP(=O)(O)C(F)(F)P(=O)(O)OCOC(=O)C(C)(C)C. The smallest absolute Gasteiger partial charge is 0.438 e. The normalized spacial score (nSPS) is 24.0. The Morgan fingerprint density at radius 2 is 1.88 bits per heavy atom. The molecule has 0 aliphatic carbocycles. The van der Waals surface area contributed by atoms with Gasteiger partial charge < -0.3 is 23.8 Å². The molecular formula is C17H25BF2N5O13P3. The highest BCUT2D eigenvalue weighted by Gasteiger charge is 2.68. The molecule has 2 radical (unpaired) electrons. The van der Waals surface area contributed by atoms with Crippen LogP contribution >= 0.6 is 22.7 Å². The number of halogens is 2. The minimum absolute atomic E-state index is 0.116. The van der Waals surface area contributed by atoms with Gasteiger partial charge in [-0.05, 0) is 33.2 Å². The van der Waals surface area contributed by atoms with E-state index < -0.39 is 82.5 Å². The van der Waals surface area contributed by atoms with Gasteiger partial charge in [-0.2, -0.15) is 8.78 Å². The van der Waals surface area contributed by atoms with E-state index >= 15 is 0 Å². The van der Waals surface area contributed by atoms with Crippen LogP contribution in [0.25, 0.3) is 10.4 Å². The van der Waals surface area contributed by atoms with E-state index in [1.807, 2.05) is 4.98 Å². The lowest BCUT2D eigenvalue weighted by Gasteiger charge is -2.28. The zero-order valence-corrected chi connectivity index (χ0v) is 24.5. The molecule has 41 heavy (non-hydrogen) atoms. The van der Waals surface area contributed by atoms with Gasteiger partial charge in [-0.1, -0.05) is 5.11 Å². The van der Waals surface area contributed by atoms with Crippen molar-refractivity contribution in [3.8, 4) is 0 Å². The summed E-state index contributed by atoms with van der Waals surface area (Å²) in [6.07, 6.45) is -1.60. The third-order valence-electron chi connectivity index (χ3n) is 5.21. The lowest BCUT2D eigenvalue weighted by Crippen LogP contribution is -2.33. The molecule has 1 aliphatic rings. The molecule has 0 saturated carbocycles. The number of ether oxygens (including phenoxy) is 2. The Morgan fingerprint density at radius 1 is 1.27 bits per heavy atom. The summed E-state index contributed by atoms with van der Waals surface area (Å²) >= 11 is 0. The molecule has 0 amide bonds. The van der Waals surface area contributed by atoms with Gasteiger partial charge in [0.1, 0.15) is 6.23 Å². The number of hydrogen-bond acceptors (Lipinski definition) is 12. The molecule has 0 spiro atoms. The topological polar surface area (TPSA) is 259 Å². The molecule has 1 aromatic rings. The number of nitrogens with zero attached hydrogens (tertiary/aromatic N) is 4. The maximum absolute atomic E-state index is 14.5. The van der Waals surface area contributed by atoms with Crippen molar-refractivity contribution < 1.29 is 59.9 Å². The molecule has 18 nitrogen and oxygen atoms in total. The Morgan fingerprint density at radius 3 is 2.44 bits per heavy atom. The first kappa shape index (κ1) is 35.0. The summed E-state index contributed by atoms with van der Waals surface area (Å²) < 4.78 is 89.1. The van der Waals surface area contributed by atoms with E-state index in [9.17, 15) is 46.6 Å². The largest absolute Gasteiger partial charge is 0.444 e. The Kier molecular flexibility index (Phi) is 10.8. The van der Waals surface area contributed by atoms with Crippen LogP contribution in [-0.2, 0) is 41.3 Å². The molecule has 0 bridgehead atoms. The van der Waals surface area contributed by atoms with Crippen molar-refractivity contribution in [2.24, 2.45) is 10.5 Å². The van der Waals surface area contributed by atoms with Crippen LogP contribution in [0.1, 0.15) is 39.0 Å². The Balaban J connectivity index is 2.13. The molecule has 6 atom stereocenters. The molecule has 0 aromatic carbocycles. The minimum atomic E-state index is -6.73. The van der Waals surface area contributed by atoms with Gasteiger partial charge in [0.25, 0.3) is 13.0 Å². The zero-order chi connectivity index (χ0) is 31.6. The number of carbonyl (C=O) groups is 1. The van der Waals surface area contributed by atoms with Crippen molar-refractivity contribution in [1.29, 1.82) is 0 Å². The maximum atomic E-state index is 14.5. The second-order valence-electron chi connectivity index (χ2n) is 9.51. The highest BCUT2D eigenvalue weighted by molar-refractivity contribution is 7.86. The Hall–Kier alpha value is -2.17. The maximum Gasteiger partial charge on any atom is 0.444 e. The molecule has 3 unspecified atom stereocenters. The molecule has 3 N–H and O–H groups in total. The zero-order valence-electron chi connectivity index (χ0n) is 21.8. The van der Waals surface area contributed by atoms with Crippen LogP contribution in [0.4, 0.5) is 8.78 Å². The fraction of sp³-hybridized carbons (Fsp3) is 0.706. The average Bonchev–Trinajstić information content (AvgIpc) is 3.21. The lowest BCUT2D eigenvalue weighted by atomic mass is 9.98. The highest BCUT2D eigenvalue weighted by Crippen LogP contribution is 2.79. The monoisotopic (exact) mass is 649 g/mol. The molecule has 1 fully saturated rings. The van der Waals surface area contributed by atoms with Crippen LogP contribution in [-0.4, -0.2) is 63.8 Å². The number of aromatic nitrogens is 2. The van der Waals surface area contributed by atoms with Gasteiger partial charge in [0.2, 0.25) is 14.4 Å². The number of alkyl halides is 2. The molecular weight excluding hydrogens is 624 g/mol. The summed E-state index contributed by atoms with van der Waals surface area (Å²) in [6, 6.07) is -1.15. The first-order valence-electron chi connectivity index (χ1n) is 11.2. The van der Waals surface area contributed by atoms with Crippen LogP contribution in [0.5, 0.6) is 0 Å². The second kappa shape index (κ2) is 12.6. The van der Waals surface area contributed by atoms with E-state index in [1.165, 1.54) is 27.7 Å². The van der Waals surface area contributed by atoms with Crippen molar-refractivity contribution >= 4 is 36.2 Å². The average molecular weight is 649 g/mol. The first-order chi connectivity index (χ1) is 18.5. The van der Waals surface area contributed by atoms with Crippen molar-refractivity contribution in [2.45, 2.75) is 57.9 Å². The van der Waals surface area contributed by atoms with Gasteiger partial charge in [-0.15, -0.1) is 0 Å². The molecule has 1 aliphatic heterocycles. The van der Waals surface area contributed by atoms with Crippen LogP contribution in [0.3, 0.4) is 0 Å². The number of H-pyrrole nitrogens is 1. The fourth-order valence-corrected chi connectivity index (χ4v) is 7.33. The van der Waals surface area contributed by atoms with E-state index in [2.05, 4.69) is 28.1 Å². The first-order valence-corrected chi connectivity index (χ1v) is 15.9. The van der Waals surface area contributed by atoms with Crippen molar-refractivity contribution in [1.82, 2.24) is 9.55 Å². The van der Waals surface area contributed by atoms with Crippen molar-refractivity contribution in [3.63, 3.8) is 0 Å². The predicted molar refractivity (Wildman–Crippen MR) is 134 cm³/mol. The van der Waals surface area contributed by atoms with Crippen molar-refractivity contribution in [3.05, 3.63) is 43.0 Å². The fourth-order valence-electron chi connectivity index (χ4n) is 3.03. The number of aryl methyl sites for hydroxylation is 1. The molecule has 1 aromatic heterocycles. The van der Waals surface area contributed by atoms with Gasteiger partial charge in [-0.25, -0.2) is 9.11 Å². The van der Waals surface area contributed by atoms with Gasteiger partial charge in [0, 0.05) is 23.1 Å². The minimum Gasteiger partial charge on any atom is -0.438 e. The Labute approximate surface area is 230 Å². The molecule has 2 rings (SSSR count). The number of hydrogen-bond donors (Lipinski definition) is 3. The van der Waals surface area contributed by atoms with Gasteiger partial charge >= 0.3 is 32.3 Å². The van der Waals surface area contributed by atoms with Crippen LogP contribution in [0.15, 0.2) is 20.9 Å². The number of aromatic amines is 1. The van der Waals surface area contributed by atoms with Gasteiger partial charge in [0.05, 0.1) is 24.2 Å². The summed E-state index contributed by atoms with van der Waals surface area (Å²) in [5.74, 6) is -1.03. The quantitative estimate of drug-likeness (QED) is 0.0560. The van der Waals surface area contributed by atoms with Crippen LogP contribution in [0.2, 0.25) is 0 Å². The summed E-state index contributed by atoms with van der Waals surface area (Å²) in [5, 5.41) is -2.22. The number of esters is 1.